The zero-order chi connectivity index (χ0) is 34.1. The molecule has 0 spiro atoms. The number of carbonyl (C=O) groups excluding carboxylic acids is 2. The van der Waals surface area contributed by atoms with E-state index in [1.165, 1.54) is 4.90 Å². The number of aliphatic carboxylic acids is 1. The van der Waals surface area contributed by atoms with Crippen molar-refractivity contribution in [3.05, 3.63) is 81.3 Å². The van der Waals surface area contributed by atoms with Gasteiger partial charge < -0.3 is 19.6 Å². The van der Waals surface area contributed by atoms with Crippen molar-refractivity contribution in [2.75, 3.05) is 13.1 Å². The Hall–Kier alpha value is -4.14. The number of carboxylic acids is 1. The molecule has 8 nitrogen and oxygen atoms in total. The monoisotopic (exact) mass is 683 g/mol. The number of hydrogen-bond donors (Lipinski definition) is 1. The normalized spacial score (nSPS) is 21.7. The summed E-state index contributed by atoms with van der Waals surface area (Å²) in [7, 11) is 0. The number of fused-ring (bicyclic) bond motifs is 1. The zero-order valence-corrected chi connectivity index (χ0v) is 25.9. The SMILES string of the molecule is CCC[C@H]1N(C(=O)c2cnccc2C(F)(F)F)CCC[C@@]1(Oc1csc(C(F)(F)F)c1)C(=O)N1CCc2ccccc2C1CC(=O)O. The van der Waals surface area contributed by atoms with Crippen LogP contribution in [0.3, 0.4) is 0 Å². The predicted molar refractivity (Wildman–Crippen MR) is 158 cm³/mol. The third-order valence-electron chi connectivity index (χ3n) is 8.60. The Morgan fingerprint density at radius 3 is 2.47 bits per heavy atom. The summed E-state index contributed by atoms with van der Waals surface area (Å²) >= 11 is 0.348. The van der Waals surface area contributed by atoms with Crippen LogP contribution < -0.4 is 4.74 Å². The lowest BCUT2D eigenvalue weighted by Crippen LogP contribution is -2.68. The molecule has 1 unspecified atom stereocenters. The topological polar surface area (TPSA) is 100 Å². The van der Waals surface area contributed by atoms with Gasteiger partial charge in [-0.25, -0.2) is 0 Å². The van der Waals surface area contributed by atoms with Crippen molar-refractivity contribution in [2.45, 2.75) is 75.5 Å². The van der Waals surface area contributed by atoms with E-state index in [2.05, 4.69) is 4.98 Å². The number of piperidine rings is 1. The van der Waals surface area contributed by atoms with Crippen LogP contribution in [0.5, 0.6) is 5.75 Å². The largest absolute Gasteiger partial charge is 0.481 e. The van der Waals surface area contributed by atoms with Gasteiger partial charge in [-0.15, -0.1) is 11.3 Å². The standard InChI is InChI=1S/C32H31F6N3O5S/c1-2-6-25-30(46-20-15-26(47-18-20)32(36,37)38,11-5-13-41(25)28(44)22-17-39-12-9-23(22)31(33,34)35)29(45)40-14-10-19-7-3-4-8-21(19)24(40)16-27(42)43/h3-4,7-9,12,15,17-18,24-25H,2,5-6,10-11,13-14,16H2,1H3,(H,42,43)/t24?,25-,30+/m1/s1. The van der Waals surface area contributed by atoms with E-state index in [4.69, 9.17) is 4.74 Å². The summed E-state index contributed by atoms with van der Waals surface area (Å²) in [6.45, 7) is 1.71. The Balaban J connectivity index is 1.65. The Kier molecular flexibility index (Phi) is 9.58. The van der Waals surface area contributed by atoms with Crippen molar-refractivity contribution in [1.82, 2.24) is 14.8 Å². The van der Waals surface area contributed by atoms with Gasteiger partial charge in [-0.3, -0.25) is 19.4 Å². The van der Waals surface area contributed by atoms with Crippen molar-refractivity contribution >= 4 is 29.1 Å². The number of aromatic nitrogens is 1. The second-order valence-electron chi connectivity index (χ2n) is 11.5. The maximum absolute atomic E-state index is 15.0. The third kappa shape index (κ3) is 6.81. The lowest BCUT2D eigenvalue weighted by atomic mass is 9.78. The molecule has 2 aliphatic heterocycles. The first-order valence-electron chi connectivity index (χ1n) is 14.9. The first kappa shape index (κ1) is 34.2. The Labute approximate surface area is 270 Å². The van der Waals surface area contributed by atoms with Crippen LogP contribution in [-0.2, 0) is 28.4 Å². The molecule has 4 heterocycles. The summed E-state index contributed by atoms with van der Waals surface area (Å²) in [5.41, 5.74) is -2.61. The van der Waals surface area contributed by atoms with Crippen LogP contribution in [0.25, 0.3) is 0 Å². The highest BCUT2D eigenvalue weighted by Gasteiger charge is 2.57. The number of pyridine rings is 1. The molecule has 47 heavy (non-hydrogen) atoms. The number of hydrogen-bond acceptors (Lipinski definition) is 6. The lowest BCUT2D eigenvalue weighted by Gasteiger charge is -2.51. The van der Waals surface area contributed by atoms with E-state index in [-0.39, 0.29) is 38.1 Å². The maximum atomic E-state index is 15.0. The van der Waals surface area contributed by atoms with Crippen LogP contribution in [0.4, 0.5) is 26.3 Å². The van der Waals surface area contributed by atoms with Crippen molar-refractivity contribution in [1.29, 1.82) is 0 Å². The third-order valence-corrected chi connectivity index (χ3v) is 9.55. The van der Waals surface area contributed by atoms with Gasteiger partial charge in [0.05, 0.1) is 29.6 Å². The van der Waals surface area contributed by atoms with Crippen LogP contribution in [0.1, 0.15) is 77.0 Å². The molecule has 5 rings (SSSR count). The Morgan fingerprint density at radius 1 is 1.06 bits per heavy atom. The van der Waals surface area contributed by atoms with Gasteiger partial charge in [0.2, 0.25) is 5.60 Å². The van der Waals surface area contributed by atoms with Crippen LogP contribution in [-0.4, -0.2) is 62.4 Å². The van der Waals surface area contributed by atoms with Crippen molar-refractivity contribution < 1.29 is 50.6 Å². The Bertz CT molecular complexity index is 1640. The summed E-state index contributed by atoms with van der Waals surface area (Å²) in [4.78, 5) is 46.2. The molecule has 2 aromatic heterocycles. The molecule has 1 aromatic carbocycles. The summed E-state index contributed by atoms with van der Waals surface area (Å²) < 4.78 is 89.0. The van der Waals surface area contributed by atoms with Crippen LogP contribution in [0.15, 0.2) is 54.2 Å². The fourth-order valence-corrected chi connectivity index (χ4v) is 7.30. The minimum Gasteiger partial charge on any atom is -0.481 e. The van der Waals surface area contributed by atoms with Gasteiger partial charge in [-0.2, -0.15) is 26.3 Å². The van der Waals surface area contributed by atoms with Gasteiger partial charge in [0.25, 0.3) is 11.8 Å². The van der Waals surface area contributed by atoms with Gasteiger partial charge in [0, 0.05) is 43.4 Å². The number of nitrogens with zero attached hydrogens (tertiary/aromatic N) is 3. The first-order valence-corrected chi connectivity index (χ1v) is 15.8. The molecule has 0 saturated carbocycles. The average molecular weight is 684 g/mol. The molecular weight excluding hydrogens is 652 g/mol. The second-order valence-corrected chi connectivity index (χ2v) is 12.4. The molecule has 0 radical (unpaired) electrons. The van der Waals surface area contributed by atoms with E-state index in [9.17, 15) is 45.8 Å². The molecule has 1 saturated heterocycles. The summed E-state index contributed by atoms with van der Waals surface area (Å²) in [6.07, 6.45) is -7.71. The molecule has 2 amide bonds. The molecule has 252 valence electrons. The van der Waals surface area contributed by atoms with Crippen molar-refractivity contribution in [2.24, 2.45) is 0 Å². The minimum absolute atomic E-state index is 0.0450. The molecule has 1 fully saturated rings. The van der Waals surface area contributed by atoms with Gasteiger partial charge in [-0.1, -0.05) is 37.6 Å². The summed E-state index contributed by atoms with van der Waals surface area (Å²) in [6, 6.07) is 6.22. The van der Waals surface area contributed by atoms with E-state index < -0.39 is 70.2 Å². The second kappa shape index (κ2) is 13.2. The molecule has 2 aliphatic rings. The highest BCUT2D eigenvalue weighted by atomic mass is 32.1. The lowest BCUT2D eigenvalue weighted by molar-refractivity contribution is -0.163. The average Bonchev–Trinajstić information content (AvgIpc) is 3.50. The fourth-order valence-electron chi connectivity index (χ4n) is 6.63. The van der Waals surface area contributed by atoms with E-state index in [0.29, 0.717) is 35.8 Å². The minimum atomic E-state index is -4.90. The summed E-state index contributed by atoms with van der Waals surface area (Å²) in [5, 5.41) is 10.9. The highest BCUT2D eigenvalue weighted by Crippen LogP contribution is 2.44. The number of thiophene rings is 1. The summed E-state index contributed by atoms with van der Waals surface area (Å²) in [5.74, 6) is -3.31. The molecule has 15 heteroatoms. The quantitative estimate of drug-likeness (QED) is 0.257. The number of likely N-dealkylation sites (tertiary alicyclic amines) is 1. The van der Waals surface area contributed by atoms with Gasteiger partial charge >= 0.3 is 18.3 Å². The number of amides is 2. The van der Waals surface area contributed by atoms with Gasteiger partial charge in [-0.05, 0) is 36.5 Å². The molecule has 0 bridgehead atoms. The highest BCUT2D eigenvalue weighted by molar-refractivity contribution is 7.10. The van der Waals surface area contributed by atoms with E-state index in [0.717, 1.165) is 34.3 Å². The fraction of sp³-hybridized carbons (Fsp3) is 0.438. The van der Waals surface area contributed by atoms with Gasteiger partial charge in [0.15, 0.2) is 0 Å². The molecule has 3 atom stereocenters. The first-order chi connectivity index (χ1) is 22.2. The predicted octanol–water partition coefficient (Wildman–Crippen LogP) is 7.00. The molecule has 3 aromatic rings. The zero-order valence-electron chi connectivity index (χ0n) is 25.1. The number of carboxylic acid groups (broad SMARTS) is 1. The van der Waals surface area contributed by atoms with Crippen molar-refractivity contribution in [3.8, 4) is 5.75 Å². The van der Waals surface area contributed by atoms with E-state index in [1.54, 1.807) is 25.1 Å². The number of halogens is 6. The van der Waals surface area contributed by atoms with Crippen LogP contribution >= 0.6 is 11.3 Å². The number of benzene rings is 1. The Morgan fingerprint density at radius 2 is 1.81 bits per heavy atom. The number of alkyl halides is 6. The van der Waals surface area contributed by atoms with Crippen LogP contribution in [0.2, 0.25) is 0 Å². The molecular formula is C32H31F6N3O5S. The van der Waals surface area contributed by atoms with Crippen molar-refractivity contribution in [3.63, 3.8) is 0 Å². The number of carbonyl (C=O) groups is 3. The van der Waals surface area contributed by atoms with Crippen LogP contribution in [0, 0.1) is 0 Å². The number of rotatable bonds is 8. The maximum Gasteiger partial charge on any atom is 0.425 e. The van der Waals surface area contributed by atoms with E-state index >= 15 is 0 Å². The number of ether oxygens (including phenoxy) is 1. The van der Waals surface area contributed by atoms with E-state index in [1.807, 2.05) is 6.07 Å². The smallest absolute Gasteiger partial charge is 0.425 e. The van der Waals surface area contributed by atoms with Gasteiger partial charge in [0.1, 0.15) is 10.6 Å². The molecule has 0 aliphatic carbocycles. The molecule has 1 N–H and O–H groups in total.